The van der Waals surface area contributed by atoms with E-state index in [0.717, 1.165) is 24.8 Å². The van der Waals surface area contributed by atoms with Gasteiger partial charge in [-0.3, -0.25) is 4.79 Å². The first-order valence-corrected chi connectivity index (χ1v) is 7.71. The van der Waals surface area contributed by atoms with Crippen molar-refractivity contribution in [3.05, 3.63) is 34.9 Å². The summed E-state index contributed by atoms with van der Waals surface area (Å²) >= 11 is 5.91. The van der Waals surface area contributed by atoms with Gasteiger partial charge in [-0.15, -0.1) is 0 Å². The molecule has 0 saturated heterocycles. The fourth-order valence-electron chi connectivity index (χ4n) is 2.75. The van der Waals surface area contributed by atoms with E-state index in [1.54, 1.807) is 19.1 Å². The molecule has 1 saturated carbocycles. The van der Waals surface area contributed by atoms with Crippen LogP contribution < -0.4 is 5.32 Å². The highest BCUT2D eigenvalue weighted by molar-refractivity contribution is 6.30. The predicted molar refractivity (Wildman–Crippen MR) is 81.3 cm³/mol. The molecule has 114 valence electrons. The van der Waals surface area contributed by atoms with Crippen molar-refractivity contribution < 1.29 is 14.3 Å². The molecule has 0 radical (unpaired) electrons. The number of amides is 1. The molecule has 1 aliphatic carbocycles. The first-order valence-electron chi connectivity index (χ1n) is 7.33. The number of alkyl carbamates (subject to hydrolysis) is 1. The monoisotopic (exact) mass is 309 g/mol. The Morgan fingerprint density at radius 2 is 2.10 bits per heavy atom. The van der Waals surface area contributed by atoms with E-state index in [9.17, 15) is 9.59 Å². The fraction of sp³-hybridized carbons (Fsp3) is 0.500. The average molecular weight is 310 g/mol. The molecule has 2 rings (SSSR count). The number of ketones is 1. The Kier molecular flexibility index (Phi) is 5.62. The van der Waals surface area contributed by atoms with Gasteiger partial charge in [0, 0.05) is 17.4 Å². The smallest absolute Gasteiger partial charge is 0.407 e. The highest BCUT2D eigenvalue weighted by Gasteiger charge is 2.32. The number of carbonyl (C=O) groups excluding carboxylic acids is 2. The summed E-state index contributed by atoms with van der Waals surface area (Å²) in [5, 5.41) is 3.46. The third-order valence-electron chi connectivity index (χ3n) is 3.78. The Hall–Kier alpha value is -1.55. The Morgan fingerprint density at radius 1 is 1.38 bits per heavy atom. The van der Waals surface area contributed by atoms with Crippen LogP contribution in [0.4, 0.5) is 4.79 Å². The Bertz CT molecular complexity index is 501. The van der Waals surface area contributed by atoms with Crippen LogP contribution in [-0.4, -0.2) is 18.5 Å². The fourth-order valence-corrected chi connectivity index (χ4v) is 2.87. The van der Waals surface area contributed by atoms with Crippen LogP contribution in [0.25, 0.3) is 0 Å². The summed E-state index contributed by atoms with van der Waals surface area (Å²) < 4.78 is 4.96. The Morgan fingerprint density at radius 3 is 2.71 bits per heavy atom. The standard InChI is InChI=1S/C16H20ClNO3/c1-2-21-16(20)18-15(11-7-9-12(17)10-8-11)13-5-3-4-6-14(13)19/h7-10,13,15H,2-6H2,1H3,(H,18,20)/t13-,15-/m1/s1. The lowest BCUT2D eigenvalue weighted by Crippen LogP contribution is -2.38. The van der Waals surface area contributed by atoms with Gasteiger partial charge in [0.05, 0.1) is 12.6 Å². The summed E-state index contributed by atoms with van der Waals surface area (Å²) in [6.07, 6.45) is 2.82. The zero-order valence-electron chi connectivity index (χ0n) is 12.1. The molecule has 4 nitrogen and oxygen atoms in total. The number of halogens is 1. The molecule has 0 aliphatic heterocycles. The van der Waals surface area contributed by atoms with Crippen molar-refractivity contribution in [1.82, 2.24) is 5.32 Å². The topological polar surface area (TPSA) is 55.4 Å². The van der Waals surface area contributed by atoms with Crippen LogP contribution in [0.15, 0.2) is 24.3 Å². The van der Waals surface area contributed by atoms with Crippen LogP contribution >= 0.6 is 11.6 Å². The van der Waals surface area contributed by atoms with Gasteiger partial charge in [-0.1, -0.05) is 30.2 Å². The number of carbonyl (C=O) groups is 2. The van der Waals surface area contributed by atoms with Crippen molar-refractivity contribution in [3.63, 3.8) is 0 Å². The second-order valence-corrected chi connectivity index (χ2v) is 5.65. The number of Topliss-reactive ketones (excluding diaryl/α,β-unsaturated/α-hetero) is 1. The third-order valence-corrected chi connectivity index (χ3v) is 4.03. The van der Waals surface area contributed by atoms with Crippen LogP contribution in [0.1, 0.15) is 44.2 Å². The lowest BCUT2D eigenvalue weighted by atomic mass is 9.80. The molecule has 1 aliphatic rings. The summed E-state index contributed by atoms with van der Waals surface area (Å²) in [6.45, 7) is 2.06. The van der Waals surface area contributed by atoms with E-state index in [0.29, 0.717) is 18.1 Å². The number of rotatable bonds is 4. The summed E-state index contributed by atoms with van der Waals surface area (Å²) in [7, 11) is 0. The Balaban J connectivity index is 2.22. The highest BCUT2D eigenvalue weighted by Crippen LogP contribution is 2.32. The van der Waals surface area contributed by atoms with E-state index >= 15 is 0 Å². The lowest BCUT2D eigenvalue weighted by Gasteiger charge is -2.30. The summed E-state index contributed by atoms with van der Waals surface area (Å²) in [5.41, 5.74) is 0.882. The zero-order valence-corrected chi connectivity index (χ0v) is 12.9. The molecule has 0 aromatic heterocycles. The molecule has 0 bridgehead atoms. The zero-order chi connectivity index (χ0) is 15.2. The second kappa shape index (κ2) is 7.46. The minimum atomic E-state index is -0.490. The number of hydrogen-bond donors (Lipinski definition) is 1. The van der Waals surface area contributed by atoms with E-state index in [4.69, 9.17) is 16.3 Å². The maximum atomic E-state index is 12.2. The number of ether oxygens (including phenoxy) is 1. The predicted octanol–water partition coefficient (Wildman–Crippen LogP) is 3.89. The van der Waals surface area contributed by atoms with Gasteiger partial charge in [-0.2, -0.15) is 0 Å². The molecule has 0 heterocycles. The lowest BCUT2D eigenvalue weighted by molar-refractivity contribution is -0.125. The Labute approximate surface area is 129 Å². The largest absolute Gasteiger partial charge is 0.450 e. The molecule has 2 atom stereocenters. The maximum Gasteiger partial charge on any atom is 0.407 e. The van der Waals surface area contributed by atoms with E-state index < -0.39 is 6.09 Å². The van der Waals surface area contributed by atoms with E-state index in [1.165, 1.54) is 0 Å². The molecule has 21 heavy (non-hydrogen) atoms. The maximum absolute atomic E-state index is 12.2. The quantitative estimate of drug-likeness (QED) is 0.918. The second-order valence-electron chi connectivity index (χ2n) is 5.21. The van der Waals surface area contributed by atoms with Gasteiger partial charge in [0.25, 0.3) is 0 Å². The van der Waals surface area contributed by atoms with Crippen molar-refractivity contribution in [2.24, 2.45) is 5.92 Å². The molecule has 0 spiro atoms. The summed E-state index contributed by atoms with van der Waals surface area (Å²) in [6, 6.07) is 6.88. The molecule has 1 N–H and O–H groups in total. The first-order chi connectivity index (χ1) is 10.1. The minimum absolute atomic E-state index is 0.190. The molecule has 1 aromatic rings. The third kappa shape index (κ3) is 4.21. The van der Waals surface area contributed by atoms with Gasteiger partial charge in [0.2, 0.25) is 0 Å². The molecule has 1 fully saturated rings. The van der Waals surface area contributed by atoms with Gasteiger partial charge in [0.15, 0.2) is 0 Å². The average Bonchev–Trinajstić information content (AvgIpc) is 2.47. The van der Waals surface area contributed by atoms with Crippen molar-refractivity contribution >= 4 is 23.5 Å². The van der Waals surface area contributed by atoms with Gasteiger partial charge >= 0.3 is 6.09 Å². The molecule has 0 unspecified atom stereocenters. The van der Waals surface area contributed by atoms with Crippen LogP contribution in [0.5, 0.6) is 0 Å². The van der Waals surface area contributed by atoms with Crippen LogP contribution in [0.2, 0.25) is 5.02 Å². The van der Waals surface area contributed by atoms with Crippen LogP contribution in [-0.2, 0) is 9.53 Å². The van der Waals surface area contributed by atoms with Gasteiger partial charge in [0.1, 0.15) is 5.78 Å². The van der Waals surface area contributed by atoms with Crippen molar-refractivity contribution in [2.45, 2.75) is 38.6 Å². The molecule has 5 heteroatoms. The van der Waals surface area contributed by atoms with Gasteiger partial charge in [-0.25, -0.2) is 4.79 Å². The summed E-state index contributed by atoms with van der Waals surface area (Å²) in [4.78, 5) is 24.0. The summed E-state index contributed by atoms with van der Waals surface area (Å²) in [5.74, 6) is 0.0160. The molecule has 1 aromatic carbocycles. The molecular formula is C16H20ClNO3. The van der Waals surface area contributed by atoms with Crippen molar-refractivity contribution in [2.75, 3.05) is 6.61 Å². The first kappa shape index (κ1) is 15.8. The van der Waals surface area contributed by atoms with E-state index in [-0.39, 0.29) is 17.7 Å². The SMILES string of the molecule is CCOC(=O)N[C@H](c1ccc(Cl)cc1)[C@@H]1CCCCC1=O. The highest BCUT2D eigenvalue weighted by atomic mass is 35.5. The van der Waals surface area contributed by atoms with Crippen molar-refractivity contribution in [1.29, 1.82) is 0 Å². The van der Waals surface area contributed by atoms with Gasteiger partial charge < -0.3 is 10.1 Å². The van der Waals surface area contributed by atoms with E-state index in [1.807, 2.05) is 12.1 Å². The number of nitrogens with one attached hydrogen (secondary N) is 1. The number of benzene rings is 1. The van der Waals surface area contributed by atoms with Crippen LogP contribution in [0, 0.1) is 5.92 Å². The van der Waals surface area contributed by atoms with E-state index in [2.05, 4.69) is 5.32 Å². The normalized spacial score (nSPS) is 19.9. The molecular weight excluding hydrogens is 290 g/mol. The minimum Gasteiger partial charge on any atom is -0.450 e. The van der Waals surface area contributed by atoms with Crippen molar-refractivity contribution in [3.8, 4) is 0 Å². The number of hydrogen-bond acceptors (Lipinski definition) is 3. The van der Waals surface area contributed by atoms with Crippen LogP contribution in [0.3, 0.4) is 0 Å². The van der Waals surface area contributed by atoms with Gasteiger partial charge in [-0.05, 0) is 37.5 Å². The molecule has 1 amide bonds.